The van der Waals surface area contributed by atoms with Crippen molar-refractivity contribution >= 4 is 11.6 Å². The Bertz CT molecular complexity index is 888. The van der Waals surface area contributed by atoms with Gasteiger partial charge in [0.15, 0.2) is 5.96 Å². The molecule has 7 nitrogen and oxygen atoms in total. The summed E-state index contributed by atoms with van der Waals surface area (Å²) in [6.45, 7) is 10.9. The molecule has 170 valence electrons. The largest absolute Gasteiger partial charge is 0.378 e. The Hall–Kier alpha value is -2.61. The van der Waals surface area contributed by atoms with E-state index in [0.29, 0.717) is 37.9 Å². The summed E-state index contributed by atoms with van der Waals surface area (Å²) >= 11 is 0. The van der Waals surface area contributed by atoms with Crippen molar-refractivity contribution in [2.24, 2.45) is 12.0 Å². The summed E-state index contributed by atoms with van der Waals surface area (Å²) in [6, 6.07) is 5.40. The number of rotatable bonds is 7. The number of ether oxygens (including phenoxy) is 1. The lowest BCUT2D eigenvalue weighted by molar-refractivity contribution is 0.122. The fourth-order valence-electron chi connectivity index (χ4n) is 3.84. The van der Waals surface area contributed by atoms with Crippen molar-refractivity contribution < 1.29 is 9.13 Å². The molecule has 0 bridgehead atoms. The highest BCUT2D eigenvalue weighted by molar-refractivity contribution is 5.79. The molecular weight excluding hydrogens is 395 g/mol. The smallest absolute Gasteiger partial charge is 0.194 e. The Labute approximate surface area is 184 Å². The topological polar surface area (TPSA) is 57.9 Å². The first-order chi connectivity index (χ1) is 14.9. The normalized spacial score (nSPS) is 14.9. The molecule has 1 aliphatic heterocycles. The first-order valence-corrected chi connectivity index (χ1v) is 11.0. The molecule has 2 heterocycles. The molecule has 1 aromatic heterocycles. The number of aliphatic imine (C=N–C) groups is 1. The Morgan fingerprint density at radius 2 is 2.06 bits per heavy atom. The maximum Gasteiger partial charge on any atom is 0.194 e. The molecule has 2 aromatic rings. The van der Waals surface area contributed by atoms with Gasteiger partial charge in [-0.1, -0.05) is 19.9 Å². The number of guanidine groups is 1. The highest BCUT2D eigenvalue weighted by atomic mass is 19.1. The minimum absolute atomic E-state index is 0.204. The number of nitrogens with one attached hydrogen (secondary N) is 1. The number of anilines is 1. The molecule has 1 N–H and O–H groups in total. The van der Waals surface area contributed by atoms with Gasteiger partial charge in [-0.3, -0.25) is 4.68 Å². The number of hydrogen-bond acceptors (Lipinski definition) is 4. The van der Waals surface area contributed by atoms with E-state index < -0.39 is 0 Å². The van der Waals surface area contributed by atoms with Crippen LogP contribution in [0.4, 0.5) is 10.1 Å². The van der Waals surface area contributed by atoms with Crippen LogP contribution in [0.1, 0.15) is 43.5 Å². The zero-order chi connectivity index (χ0) is 22.4. The van der Waals surface area contributed by atoms with Gasteiger partial charge in [0.05, 0.1) is 31.1 Å². The number of aromatic nitrogens is 2. The maximum absolute atomic E-state index is 14.7. The van der Waals surface area contributed by atoms with Crippen molar-refractivity contribution in [3.8, 4) is 0 Å². The molecule has 0 amide bonds. The Morgan fingerprint density at radius 3 is 2.71 bits per heavy atom. The lowest BCUT2D eigenvalue weighted by Gasteiger charge is -2.29. The molecule has 31 heavy (non-hydrogen) atoms. The third-order valence-electron chi connectivity index (χ3n) is 5.36. The van der Waals surface area contributed by atoms with E-state index >= 15 is 0 Å². The highest BCUT2D eigenvalue weighted by Crippen LogP contribution is 2.22. The molecule has 1 fully saturated rings. The number of hydrogen-bond donors (Lipinski definition) is 1. The standard InChI is InChI=1S/C23H35FN6O/c1-6-25-23(28(4)15-19-16-29(5)27-22(19)17(2)3)26-14-18-7-8-21(20(24)13-18)30-9-11-31-12-10-30/h7-8,13,16-17H,6,9-12,14-15H2,1-5H3,(H,25,26). The fourth-order valence-corrected chi connectivity index (χ4v) is 3.84. The number of morpholine rings is 1. The van der Waals surface area contributed by atoms with E-state index in [4.69, 9.17) is 9.73 Å². The Kier molecular flexibility index (Phi) is 7.90. The second-order valence-electron chi connectivity index (χ2n) is 8.28. The van der Waals surface area contributed by atoms with E-state index in [9.17, 15) is 4.39 Å². The van der Waals surface area contributed by atoms with Crippen LogP contribution in [-0.2, 0) is 24.9 Å². The van der Waals surface area contributed by atoms with E-state index in [-0.39, 0.29) is 5.82 Å². The second-order valence-corrected chi connectivity index (χ2v) is 8.28. The quantitative estimate of drug-likeness (QED) is 0.540. The molecule has 0 spiro atoms. The van der Waals surface area contributed by atoms with E-state index in [1.807, 2.05) is 42.7 Å². The summed E-state index contributed by atoms with van der Waals surface area (Å²) in [5.74, 6) is 0.945. The summed E-state index contributed by atoms with van der Waals surface area (Å²) in [6.07, 6.45) is 2.06. The van der Waals surface area contributed by atoms with Gasteiger partial charge in [0, 0.05) is 52.0 Å². The Morgan fingerprint density at radius 1 is 1.32 bits per heavy atom. The van der Waals surface area contributed by atoms with E-state index in [1.54, 1.807) is 6.07 Å². The van der Waals surface area contributed by atoms with Gasteiger partial charge >= 0.3 is 0 Å². The monoisotopic (exact) mass is 430 g/mol. The highest BCUT2D eigenvalue weighted by Gasteiger charge is 2.17. The first-order valence-electron chi connectivity index (χ1n) is 11.0. The van der Waals surface area contributed by atoms with Crippen LogP contribution in [-0.4, -0.2) is 60.5 Å². The van der Waals surface area contributed by atoms with E-state index in [2.05, 4.69) is 35.4 Å². The minimum atomic E-state index is -0.204. The minimum Gasteiger partial charge on any atom is -0.378 e. The predicted molar refractivity (Wildman–Crippen MR) is 123 cm³/mol. The van der Waals surface area contributed by atoms with Gasteiger partial charge in [0.25, 0.3) is 0 Å². The molecule has 0 atom stereocenters. The van der Waals surface area contributed by atoms with Gasteiger partial charge < -0.3 is 19.9 Å². The molecular formula is C23H35FN6O. The van der Waals surface area contributed by atoms with Crippen LogP contribution in [0.15, 0.2) is 29.4 Å². The number of aryl methyl sites for hydroxylation is 1. The van der Waals surface area contributed by atoms with Gasteiger partial charge in [-0.25, -0.2) is 9.38 Å². The van der Waals surface area contributed by atoms with Crippen molar-refractivity contribution in [1.29, 1.82) is 0 Å². The third kappa shape index (κ3) is 5.97. The summed E-state index contributed by atoms with van der Waals surface area (Å²) in [5, 5.41) is 7.93. The third-order valence-corrected chi connectivity index (χ3v) is 5.36. The maximum atomic E-state index is 14.7. The Balaban J connectivity index is 1.71. The number of halogens is 1. The van der Waals surface area contributed by atoms with Crippen molar-refractivity contribution in [3.05, 3.63) is 47.0 Å². The zero-order valence-corrected chi connectivity index (χ0v) is 19.4. The van der Waals surface area contributed by atoms with Crippen LogP contribution in [0.25, 0.3) is 0 Å². The SMILES string of the molecule is CCNC(=NCc1ccc(N2CCOCC2)c(F)c1)N(C)Cc1cn(C)nc1C(C)C. The van der Waals surface area contributed by atoms with E-state index in [1.165, 1.54) is 5.56 Å². The van der Waals surface area contributed by atoms with Crippen LogP contribution in [0.3, 0.4) is 0 Å². The van der Waals surface area contributed by atoms with Gasteiger partial charge in [-0.2, -0.15) is 5.10 Å². The number of nitrogens with zero attached hydrogens (tertiary/aromatic N) is 5. The van der Waals surface area contributed by atoms with Gasteiger partial charge in [-0.15, -0.1) is 0 Å². The van der Waals surface area contributed by atoms with Gasteiger partial charge in [-0.05, 0) is 30.5 Å². The molecule has 1 aromatic carbocycles. The lowest BCUT2D eigenvalue weighted by atomic mass is 10.1. The lowest BCUT2D eigenvalue weighted by Crippen LogP contribution is -2.38. The van der Waals surface area contributed by atoms with Crippen molar-refractivity contribution in [2.45, 2.75) is 39.8 Å². The zero-order valence-electron chi connectivity index (χ0n) is 19.4. The predicted octanol–water partition coefficient (Wildman–Crippen LogP) is 3.12. The molecule has 0 saturated carbocycles. The van der Waals surface area contributed by atoms with Crippen LogP contribution in [0.2, 0.25) is 0 Å². The molecule has 1 aliphatic rings. The van der Waals surface area contributed by atoms with Crippen LogP contribution < -0.4 is 10.2 Å². The van der Waals surface area contributed by atoms with Crippen molar-refractivity contribution in [3.63, 3.8) is 0 Å². The molecule has 0 aliphatic carbocycles. The molecule has 3 rings (SSSR count). The fraction of sp³-hybridized carbons (Fsp3) is 0.565. The van der Waals surface area contributed by atoms with Crippen LogP contribution in [0, 0.1) is 5.82 Å². The average molecular weight is 431 g/mol. The van der Waals surface area contributed by atoms with Crippen molar-refractivity contribution in [1.82, 2.24) is 20.0 Å². The van der Waals surface area contributed by atoms with Crippen LogP contribution in [0.5, 0.6) is 0 Å². The summed E-state index contributed by atoms with van der Waals surface area (Å²) < 4.78 is 21.9. The van der Waals surface area contributed by atoms with Gasteiger partial charge in [0.1, 0.15) is 5.82 Å². The van der Waals surface area contributed by atoms with Crippen molar-refractivity contribution in [2.75, 3.05) is 44.8 Å². The summed E-state index contributed by atoms with van der Waals surface area (Å²) in [4.78, 5) is 8.87. The number of benzene rings is 1. The summed E-state index contributed by atoms with van der Waals surface area (Å²) in [7, 11) is 3.96. The molecule has 1 saturated heterocycles. The molecule has 8 heteroatoms. The molecule has 0 unspecified atom stereocenters. The van der Waals surface area contributed by atoms with Gasteiger partial charge in [0.2, 0.25) is 0 Å². The first kappa shape index (κ1) is 23.1. The second kappa shape index (κ2) is 10.6. The molecule has 0 radical (unpaired) electrons. The van der Waals surface area contributed by atoms with E-state index in [0.717, 1.165) is 36.9 Å². The average Bonchev–Trinajstić information content (AvgIpc) is 3.12. The summed E-state index contributed by atoms with van der Waals surface area (Å²) in [5.41, 5.74) is 3.78. The van der Waals surface area contributed by atoms with Crippen LogP contribution >= 0.6 is 0 Å².